The number of rotatable bonds is 1. The lowest BCUT2D eigenvalue weighted by Crippen LogP contribution is -2.45. The van der Waals surface area contributed by atoms with Gasteiger partial charge in [-0.25, -0.2) is 0 Å². The van der Waals surface area contributed by atoms with Gasteiger partial charge in [-0.1, -0.05) is 15.9 Å². The van der Waals surface area contributed by atoms with E-state index in [1.54, 1.807) is 25.2 Å². The summed E-state index contributed by atoms with van der Waals surface area (Å²) in [6.07, 6.45) is -6.10. The maximum atomic E-state index is 12.4. The van der Waals surface area contributed by atoms with Gasteiger partial charge >= 0.3 is 12.1 Å². The molecule has 2 rings (SSSR count). The number of nitriles is 1. The Hall–Kier alpha value is -1.79. The van der Waals surface area contributed by atoms with Crippen LogP contribution >= 0.6 is 15.9 Å². The molecule has 0 aromatic heterocycles. The zero-order valence-corrected chi connectivity index (χ0v) is 13.6. The van der Waals surface area contributed by atoms with Gasteiger partial charge in [-0.05, 0) is 19.9 Å². The quantitative estimate of drug-likeness (QED) is 0.719. The third kappa shape index (κ3) is 3.28. The molecule has 2 atom stereocenters. The zero-order chi connectivity index (χ0) is 17.6. The molecule has 0 radical (unpaired) electrons. The molecule has 0 saturated carbocycles. The normalized spacial score (nSPS) is 22.5. The van der Waals surface area contributed by atoms with Crippen LogP contribution in [0.3, 0.4) is 0 Å². The average Bonchev–Trinajstić information content (AvgIpc) is 2.43. The lowest BCUT2D eigenvalue weighted by atomic mass is 9.90. The molecular weight excluding hydrogens is 381 g/mol. The minimum atomic E-state index is -5.08. The Balaban J connectivity index is 2.49. The fourth-order valence-electron chi connectivity index (χ4n) is 2.18. The molecule has 1 aromatic rings. The first-order valence-corrected chi connectivity index (χ1v) is 7.36. The van der Waals surface area contributed by atoms with Crippen molar-refractivity contribution < 1.29 is 27.8 Å². The van der Waals surface area contributed by atoms with Gasteiger partial charge in [-0.15, -0.1) is 0 Å². The van der Waals surface area contributed by atoms with Gasteiger partial charge in [-0.2, -0.15) is 18.4 Å². The number of fused-ring (bicyclic) bond motifs is 1. The molecule has 1 aliphatic rings. The van der Waals surface area contributed by atoms with Crippen LogP contribution in [0.4, 0.5) is 18.9 Å². The van der Waals surface area contributed by atoms with Crippen molar-refractivity contribution in [1.29, 1.82) is 5.26 Å². The van der Waals surface area contributed by atoms with Gasteiger partial charge in [0.1, 0.15) is 17.4 Å². The Bertz CT molecular complexity index is 698. The first kappa shape index (κ1) is 17.6. The standard InChI is InChI=1S/C14H12BrF3N2O3/c1-13(2)11(15)10(21)7-3-6(5-19)8(4-9(7)23-13)20-12(22)14(16,17)18/h3-4,10-11,21H,1-2H3,(H,20,22)/t10-,11+/m0/s1. The Labute approximate surface area is 138 Å². The monoisotopic (exact) mass is 392 g/mol. The van der Waals surface area contributed by atoms with Crippen molar-refractivity contribution in [1.82, 2.24) is 0 Å². The van der Waals surface area contributed by atoms with Crippen LogP contribution < -0.4 is 10.1 Å². The van der Waals surface area contributed by atoms with E-state index in [1.807, 2.05) is 0 Å². The maximum absolute atomic E-state index is 12.4. The van der Waals surface area contributed by atoms with E-state index in [9.17, 15) is 23.1 Å². The summed E-state index contributed by atoms with van der Waals surface area (Å²) >= 11 is 3.30. The van der Waals surface area contributed by atoms with Gasteiger partial charge in [0.2, 0.25) is 0 Å². The number of aliphatic hydroxyl groups is 1. The van der Waals surface area contributed by atoms with Crippen molar-refractivity contribution in [2.75, 3.05) is 5.32 Å². The smallest absolute Gasteiger partial charge is 0.471 e. The fraction of sp³-hybridized carbons (Fsp3) is 0.429. The molecule has 0 bridgehead atoms. The molecule has 23 heavy (non-hydrogen) atoms. The summed E-state index contributed by atoms with van der Waals surface area (Å²) in [6.45, 7) is 3.37. The van der Waals surface area contributed by atoms with Crippen LogP contribution in [-0.4, -0.2) is 27.6 Å². The number of hydrogen-bond acceptors (Lipinski definition) is 4. The summed E-state index contributed by atoms with van der Waals surface area (Å²) in [4.78, 5) is 10.6. The van der Waals surface area contributed by atoms with Gasteiger partial charge in [0.15, 0.2) is 0 Å². The molecular formula is C14H12BrF3N2O3. The highest BCUT2D eigenvalue weighted by atomic mass is 79.9. The van der Waals surface area contributed by atoms with Crippen molar-refractivity contribution in [3.8, 4) is 11.8 Å². The van der Waals surface area contributed by atoms with Gasteiger partial charge < -0.3 is 15.2 Å². The van der Waals surface area contributed by atoms with E-state index in [2.05, 4.69) is 15.9 Å². The minimum absolute atomic E-state index is 0.106. The predicted octanol–water partition coefficient (Wildman–Crippen LogP) is 3.03. The number of aliphatic hydroxyl groups excluding tert-OH is 1. The largest absolute Gasteiger partial charge is 0.486 e. The van der Waals surface area contributed by atoms with E-state index in [0.717, 1.165) is 6.07 Å². The van der Waals surface area contributed by atoms with Crippen molar-refractivity contribution in [3.05, 3.63) is 23.3 Å². The molecule has 2 N–H and O–H groups in total. The maximum Gasteiger partial charge on any atom is 0.471 e. The molecule has 0 spiro atoms. The Morgan fingerprint density at radius 1 is 1.48 bits per heavy atom. The fourth-order valence-corrected chi connectivity index (χ4v) is 2.56. The van der Waals surface area contributed by atoms with E-state index in [1.165, 1.54) is 6.07 Å². The number of nitrogens with zero attached hydrogens (tertiary/aromatic N) is 1. The molecule has 1 aliphatic heterocycles. The summed E-state index contributed by atoms with van der Waals surface area (Å²) in [5.74, 6) is -2.09. The number of ether oxygens (including phenoxy) is 1. The topological polar surface area (TPSA) is 82.3 Å². The van der Waals surface area contributed by atoms with Gasteiger partial charge in [-0.3, -0.25) is 4.79 Å². The molecule has 0 saturated heterocycles. The van der Waals surface area contributed by atoms with Crippen molar-refractivity contribution in [2.45, 2.75) is 36.6 Å². The highest BCUT2D eigenvalue weighted by Gasteiger charge is 2.43. The van der Waals surface area contributed by atoms with E-state index >= 15 is 0 Å². The second-order valence-corrected chi connectivity index (χ2v) is 6.54. The highest BCUT2D eigenvalue weighted by molar-refractivity contribution is 9.09. The molecule has 1 aromatic carbocycles. The second-order valence-electron chi connectivity index (χ2n) is 5.55. The number of anilines is 1. The summed E-state index contributed by atoms with van der Waals surface area (Å²) < 4.78 is 42.8. The van der Waals surface area contributed by atoms with Crippen molar-refractivity contribution in [3.63, 3.8) is 0 Å². The number of carbonyl (C=O) groups excluding carboxylic acids is 1. The third-order valence-electron chi connectivity index (χ3n) is 3.41. The van der Waals surface area contributed by atoms with E-state index in [4.69, 9.17) is 10.00 Å². The third-order valence-corrected chi connectivity index (χ3v) is 5.01. The number of amides is 1. The number of carbonyl (C=O) groups is 1. The highest BCUT2D eigenvalue weighted by Crippen LogP contribution is 2.45. The molecule has 0 aliphatic carbocycles. The van der Waals surface area contributed by atoms with Crippen LogP contribution in [-0.2, 0) is 4.79 Å². The Morgan fingerprint density at radius 2 is 2.09 bits per heavy atom. The lowest BCUT2D eigenvalue weighted by molar-refractivity contribution is -0.167. The SMILES string of the molecule is CC1(C)Oc2cc(NC(=O)C(F)(F)F)c(C#N)cc2[C@H](O)[C@H]1Br. The van der Waals surface area contributed by atoms with Crippen LogP contribution in [0.2, 0.25) is 0 Å². The van der Waals surface area contributed by atoms with Crippen LogP contribution in [0.15, 0.2) is 12.1 Å². The second kappa shape index (κ2) is 5.69. The molecule has 0 fully saturated rings. The lowest BCUT2D eigenvalue weighted by Gasteiger charge is -2.40. The summed E-state index contributed by atoms with van der Waals surface area (Å²) in [7, 11) is 0. The summed E-state index contributed by atoms with van der Waals surface area (Å²) in [6, 6.07) is 4.01. The molecule has 1 heterocycles. The van der Waals surface area contributed by atoms with Gasteiger partial charge in [0.25, 0.3) is 0 Å². The minimum Gasteiger partial charge on any atom is -0.486 e. The van der Waals surface area contributed by atoms with Crippen molar-refractivity contribution >= 4 is 27.5 Å². The van der Waals surface area contributed by atoms with E-state index in [-0.39, 0.29) is 22.6 Å². The van der Waals surface area contributed by atoms with Gasteiger partial charge in [0, 0.05) is 11.6 Å². The van der Waals surface area contributed by atoms with Crippen molar-refractivity contribution in [2.24, 2.45) is 0 Å². The van der Waals surface area contributed by atoms with Crippen LogP contribution in [0.5, 0.6) is 5.75 Å². The first-order chi connectivity index (χ1) is 10.5. The number of alkyl halides is 4. The first-order valence-electron chi connectivity index (χ1n) is 6.44. The summed E-state index contributed by atoms with van der Waals surface area (Å²) in [5.41, 5.74) is -1.12. The molecule has 9 heteroatoms. The Morgan fingerprint density at radius 3 is 2.61 bits per heavy atom. The summed E-state index contributed by atoms with van der Waals surface area (Å²) in [5, 5.41) is 21.0. The number of benzene rings is 1. The Kier molecular flexibility index (Phi) is 4.34. The van der Waals surface area contributed by atoms with Crippen LogP contribution in [0.25, 0.3) is 0 Å². The molecule has 124 valence electrons. The predicted molar refractivity (Wildman–Crippen MR) is 78.2 cm³/mol. The molecule has 0 unspecified atom stereocenters. The van der Waals surface area contributed by atoms with Gasteiger partial charge in [0.05, 0.1) is 22.2 Å². The van der Waals surface area contributed by atoms with Crippen LogP contribution in [0.1, 0.15) is 31.1 Å². The van der Waals surface area contributed by atoms with E-state index in [0.29, 0.717) is 0 Å². The number of hydrogen-bond donors (Lipinski definition) is 2. The average molecular weight is 393 g/mol. The van der Waals surface area contributed by atoms with E-state index < -0.39 is 28.6 Å². The molecule has 5 nitrogen and oxygen atoms in total. The number of nitrogens with one attached hydrogen (secondary N) is 1. The molecule has 1 amide bonds. The van der Waals surface area contributed by atoms with Crippen LogP contribution in [0, 0.1) is 11.3 Å². The zero-order valence-electron chi connectivity index (χ0n) is 12.0. The number of halogens is 4.